The number of benzene rings is 2. The van der Waals surface area contributed by atoms with Crippen molar-refractivity contribution >= 4 is 17.7 Å². The van der Waals surface area contributed by atoms with E-state index in [0.29, 0.717) is 13.0 Å². The molecule has 0 aliphatic rings. The van der Waals surface area contributed by atoms with Crippen molar-refractivity contribution in [2.75, 3.05) is 18.6 Å². The van der Waals surface area contributed by atoms with Crippen LogP contribution in [0.15, 0.2) is 60.2 Å². The standard InChI is InChI=1S/C25H33NO2/c1-4-5-6-7-11-14-25(27)26(23-15-17-24(28-3)18-16-23)20-21(2)19-22-12-9-8-10-13-22/h8-10,12-13,15-19H,4-7,11,14,20H2,1-3H3/b21-19+. The minimum absolute atomic E-state index is 0.183. The summed E-state index contributed by atoms with van der Waals surface area (Å²) in [5, 5.41) is 0. The third-order valence-corrected chi connectivity index (χ3v) is 4.80. The molecule has 150 valence electrons. The van der Waals surface area contributed by atoms with Crippen molar-refractivity contribution in [3.63, 3.8) is 0 Å². The molecular formula is C25H33NO2. The molecule has 0 bridgehead atoms. The van der Waals surface area contributed by atoms with Crippen molar-refractivity contribution < 1.29 is 9.53 Å². The van der Waals surface area contributed by atoms with E-state index < -0.39 is 0 Å². The van der Waals surface area contributed by atoms with Gasteiger partial charge in [-0.3, -0.25) is 4.79 Å². The molecule has 0 N–H and O–H groups in total. The number of anilines is 1. The van der Waals surface area contributed by atoms with Gasteiger partial charge in [0.2, 0.25) is 5.91 Å². The lowest BCUT2D eigenvalue weighted by molar-refractivity contribution is -0.118. The molecule has 1 amide bonds. The Bertz CT molecular complexity index is 735. The van der Waals surface area contributed by atoms with Crippen LogP contribution in [0.4, 0.5) is 5.69 Å². The van der Waals surface area contributed by atoms with Crippen LogP contribution >= 0.6 is 0 Å². The lowest BCUT2D eigenvalue weighted by Crippen LogP contribution is -2.32. The van der Waals surface area contributed by atoms with Gasteiger partial charge in [0.15, 0.2) is 0 Å². The summed E-state index contributed by atoms with van der Waals surface area (Å²) in [5.41, 5.74) is 3.23. The fourth-order valence-electron chi connectivity index (χ4n) is 3.23. The number of methoxy groups -OCH3 is 1. The first kappa shape index (κ1) is 21.7. The lowest BCUT2D eigenvalue weighted by atomic mass is 10.1. The maximum Gasteiger partial charge on any atom is 0.227 e. The van der Waals surface area contributed by atoms with E-state index in [-0.39, 0.29) is 5.91 Å². The average molecular weight is 380 g/mol. The number of ether oxygens (including phenoxy) is 1. The number of hydrogen-bond acceptors (Lipinski definition) is 2. The Hall–Kier alpha value is -2.55. The maximum atomic E-state index is 13.0. The van der Waals surface area contributed by atoms with E-state index in [1.54, 1.807) is 7.11 Å². The van der Waals surface area contributed by atoms with E-state index in [0.717, 1.165) is 35.4 Å². The SMILES string of the molecule is CCCCCCCC(=O)N(C/C(C)=C/c1ccccc1)c1ccc(OC)cc1. The van der Waals surface area contributed by atoms with Gasteiger partial charge in [-0.05, 0) is 43.2 Å². The van der Waals surface area contributed by atoms with Crippen molar-refractivity contribution in [2.45, 2.75) is 52.4 Å². The van der Waals surface area contributed by atoms with E-state index >= 15 is 0 Å². The second-order valence-electron chi connectivity index (χ2n) is 7.24. The molecule has 2 rings (SSSR count). The van der Waals surface area contributed by atoms with Gasteiger partial charge in [-0.2, -0.15) is 0 Å². The van der Waals surface area contributed by atoms with Crippen molar-refractivity contribution in [3.05, 3.63) is 65.7 Å². The highest BCUT2D eigenvalue weighted by atomic mass is 16.5. The Balaban J connectivity index is 2.10. The summed E-state index contributed by atoms with van der Waals surface area (Å²) >= 11 is 0. The zero-order valence-corrected chi connectivity index (χ0v) is 17.5. The second-order valence-corrected chi connectivity index (χ2v) is 7.24. The zero-order valence-electron chi connectivity index (χ0n) is 17.5. The van der Waals surface area contributed by atoms with Gasteiger partial charge in [0, 0.05) is 18.7 Å². The molecule has 2 aromatic carbocycles. The Morgan fingerprint density at radius 1 is 0.964 bits per heavy atom. The molecule has 0 saturated heterocycles. The van der Waals surface area contributed by atoms with Crippen molar-refractivity contribution in [1.82, 2.24) is 0 Å². The van der Waals surface area contributed by atoms with Crippen LogP contribution in [0.3, 0.4) is 0 Å². The lowest BCUT2D eigenvalue weighted by Gasteiger charge is -2.24. The molecule has 2 aromatic rings. The Kier molecular flexibility index (Phi) is 9.33. The van der Waals surface area contributed by atoms with Crippen LogP contribution in [0, 0.1) is 0 Å². The highest BCUT2D eigenvalue weighted by Crippen LogP contribution is 2.22. The van der Waals surface area contributed by atoms with Crippen LogP contribution in [0.5, 0.6) is 5.75 Å². The highest BCUT2D eigenvalue weighted by molar-refractivity contribution is 5.94. The van der Waals surface area contributed by atoms with E-state index in [2.05, 4.69) is 32.1 Å². The highest BCUT2D eigenvalue weighted by Gasteiger charge is 2.16. The van der Waals surface area contributed by atoms with Gasteiger partial charge < -0.3 is 9.64 Å². The van der Waals surface area contributed by atoms with Gasteiger partial charge in [0.25, 0.3) is 0 Å². The van der Waals surface area contributed by atoms with E-state index in [1.807, 2.05) is 47.4 Å². The normalized spacial score (nSPS) is 11.3. The van der Waals surface area contributed by atoms with Gasteiger partial charge in [-0.15, -0.1) is 0 Å². The monoisotopic (exact) mass is 379 g/mol. The smallest absolute Gasteiger partial charge is 0.227 e. The fraction of sp³-hybridized carbons (Fsp3) is 0.400. The predicted octanol–water partition coefficient (Wildman–Crippen LogP) is 6.49. The summed E-state index contributed by atoms with van der Waals surface area (Å²) in [5.74, 6) is 0.981. The number of carbonyl (C=O) groups is 1. The number of amides is 1. The summed E-state index contributed by atoms with van der Waals surface area (Å²) in [4.78, 5) is 14.9. The van der Waals surface area contributed by atoms with Gasteiger partial charge in [0.1, 0.15) is 5.75 Å². The van der Waals surface area contributed by atoms with Crippen LogP contribution in [-0.4, -0.2) is 19.6 Å². The van der Waals surface area contributed by atoms with Crippen LogP contribution in [0.2, 0.25) is 0 Å². The molecule has 0 fully saturated rings. The van der Waals surface area contributed by atoms with Crippen molar-refractivity contribution in [3.8, 4) is 5.75 Å². The van der Waals surface area contributed by atoms with E-state index in [4.69, 9.17) is 4.74 Å². The quantitative estimate of drug-likeness (QED) is 0.417. The molecule has 0 aliphatic carbocycles. The van der Waals surface area contributed by atoms with Gasteiger partial charge in [-0.25, -0.2) is 0 Å². The van der Waals surface area contributed by atoms with Gasteiger partial charge >= 0.3 is 0 Å². The third kappa shape index (κ3) is 7.22. The van der Waals surface area contributed by atoms with Crippen molar-refractivity contribution in [1.29, 1.82) is 0 Å². The Morgan fingerprint density at radius 2 is 1.64 bits per heavy atom. The molecule has 0 aromatic heterocycles. The minimum atomic E-state index is 0.183. The molecule has 0 saturated carbocycles. The predicted molar refractivity (Wildman–Crippen MR) is 119 cm³/mol. The Labute approximate surface area is 170 Å². The molecule has 0 aliphatic heterocycles. The number of carbonyl (C=O) groups excluding carboxylic acids is 1. The molecular weight excluding hydrogens is 346 g/mol. The average Bonchev–Trinajstić information content (AvgIpc) is 2.72. The first-order valence-electron chi connectivity index (χ1n) is 10.3. The molecule has 28 heavy (non-hydrogen) atoms. The Morgan fingerprint density at radius 3 is 2.29 bits per heavy atom. The third-order valence-electron chi connectivity index (χ3n) is 4.80. The number of rotatable bonds is 11. The number of unbranched alkanes of at least 4 members (excludes halogenated alkanes) is 4. The largest absolute Gasteiger partial charge is 0.497 e. The minimum Gasteiger partial charge on any atom is -0.497 e. The van der Waals surface area contributed by atoms with Crippen molar-refractivity contribution in [2.24, 2.45) is 0 Å². The maximum absolute atomic E-state index is 13.0. The van der Waals surface area contributed by atoms with Crippen LogP contribution in [-0.2, 0) is 4.79 Å². The van der Waals surface area contributed by atoms with Crippen LogP contribution < -0.4 is 9.64 Å². The molecule has 0 unspecified atom stereocenters. The van der Waals surface area contributed by atoms with E-state index in [9.17, 15) is 4.79 Å². The summed E-state index contributed by atoms with van der Waals surface area (Å²) in [7, 11) is 1.65. The van der Waals surface area contributed by atoms with Crippen LogP contribution in [0.25, 0.3) is 6.08 Å². The van der Waals surface area contributed by atoms with Crippen LogP contribution in [0.1, 0.15) is 57.9 Å². The number of hydrogen-bond donors (Lipinski definition) is 0. The summed E-state index contributed by atoms with van der Waals surface area (Å²) < 4.78 is 5.26. The zero-order chi connectivity index (χ0) is 20.2. The molecule has 0 radical (unpaired) electrons. The molecule has 3 nitrogen and oxygen atoms in total. The van der Waals surface area contributed by atoms with Gasteiger partial charge in [-0.1, -0.05) is 74.6 Å². The second kappa shape index (κ2) is 12.0. The van der Waals surface area contributed by atoms with Gasteiger partial charge in [0.05, 0.1) is 7.11 Å². The molecule has 0 atom stereocenters. The topological polar surface area (TPSA) is 29.5 Å². The summed E-state index contributed by atoms with van der Waals surface area (Å²) in [6.45, 7) is 4.88. The number of nitrogens with zero attached hydrogens (tertiary/aromatic N) is 1. The first-order valence-corrected chi connectivity index (χ1v) is 10.3. The molecule has 0 heterocycles. The van der Waals surface area contributed by atoms with E-state index in [1.165, 1.54) is 19.3 Å². The summed E-state index contributed by atoms with van der Waals surface area (Å²) in [6, 6.07) is 18.0. The summed E-state index contributed by atoms with van der Waals surface area (Å²) in [6.07, 6.45) is 8.48. The first-order chi connectivity index (χ1) is 13.6. The molecule has 3 heteroatoms. The molecule has 0 spiro atoms. The fourth-order valence-corrected chi connectivity index (χ4v) is 3.23.